The van der Waals surface area contributed by atoms with Gasteiger partial charge in [0.1, 0.15) is 0 Å². The van der Waals surface area contributed by atoms with Crippen LogP contribution in [0, 0.1) is 5.92 Å². The number of hydrogen-bond acceptors (Lipinski definition) is 6. The van der Waals surface area contributed by atoms with E-state index in [0.717, 1.165) is 0 Å². The number of hydrogen-bond donors (Lipinski definition) is 1. The maximum atomic E-state index is 12.9. The molecule has 3 rings (SSSR count). The van der Waals surface area contributed by atoms with Gasteiger partial charge in [-0.1, -0.05) is 11.6 Å². The largest absolute Gasteiger partial charge is 0.465 e. The summed E-state index contributed by atoms with van der Waals surface area (Å²) in [5.41, 5.74) is 1.03. The van der Waals surface area contributed by atoms with Crippen LogP contribution < -0.4 is 5.32 Å². The molecule has 32 heavy (non-hydrogen) atoms. The SMILES string of the molecule is COC(=O)c1ccc(C(=O)OC)c(NC(=O)C2CCN(C(=O)c3ccc(Cl)cc3)CC2)c1. The number of ether oxygens (including phenoxy) is 2. The van der Waals surface area contributed by atoms with E-state index in [-0.39, 0.29) is 34.5 Å². The number of carbonyl (C=O) groups is 4. The number of anilines is 1. The fraction of sp³-hybridized carbons (Fsp3) is 0.304. The molecule has 1 N–H and O–H groups in total. The fourth-order valence-corrected chi connectivity index (χ4v) is 3.66. The van der Waals surface area contributed by atoms with Crippen LogP contribution in [0.3, 0.4) is 0 Å². The van der Waals surface area contributed by atoms with Crippen molar-refractivity contribution in [3.8, 4) is 0 Å². The molecule has 0 spiro atoms. The Labute approximate surface area is 190 Å². The fourth-order valence-electron chi connectivity index (χ4n) is 3.54. The Bertz CT molecular complexity index is 1030. The number of esters is 2. The predicted molar refractivity (Wildman–Crippen MR) is 118 cm³/mol. The third kappa shape index (κ3) is 5.26. The molecule has 8 nitrogen and oxygen atoms in total. The number of benzene rings is 2. The number of piperidine rings is 1. The molecule has 0 radical (unpaired) electrons. The lowest BCUT2D eigenvalue weighted by Gasteiger charge is -2.31. The number of nitrogens with one attached hydrogen (secondary N) is 1. The van der Waals surface area contributed by atoms with Gasteiger partial charge < -0.3 is 19.7 Å². The molecular weight excluding hydrogens is 436 g/mol. The Morgan fingerprint density at radius 3 is 2.09 bits per heavy atom. The van der Waals surface area contributed by atoms with Crippen LogP contribution in [0.1, 0.15) is 43.9 Å². The molecule has 2 amide bonds. The molecule has 0 bridgehead atoms. The van der Waals surface area contributed by atoms with Crippen LogP contribution in [0.5, 0.6) is 0 Å². The van der Waals surface area contributed by atoms with Crippen molar-refractivity contribution in [2.45, 2.75) is 12.8 Å². The lowest BCUT2D eigenvalue weighted by molar-refractivity contribution is -0.121. The van der Waals surface area contributed by atoms with E-state index in [1.165, 1.54) is 32.4 Å². The van der Waals surface area contributed by atoms with Gasteiger partial charge in [-0.05, 0) is 55.3 Å². The van der Waals surface area contributed by atoms with Crippen molar-refractivity contribution in [3.63, 3.8) is 0 Å². The molecule has 1 heterocycles. The molecular formula is C23H23ClN2O6. The second-order valence-corrected chi connectivity index (χ2v) is 7.74. The quantitative estimate of drug-likeness (QED) is 0.689. The Morgan fingerprint density at radius 2 is 1.50 bits per heavy atom. The van der Waals surface area contributed by atoms with Crippen LogP contribution in [0.4, 0.5) is 5.69 Å². The Hall–Kier alpha value is -3.39. The average molecular weight is 459 g/mol. The highest BCUT2D eigenvalue weighted by Crippen LogP contribution is 2.24. The van der Waals surface area contributed by atoms with Crippen molar-refractivity contribution in [2.75, 3.05) is 32.6 Å². The molecule has 0 aliphatic carbocycles. The lowest BCUT2D eigenvalue weighted by atomic mass is 9.95. The van der Waals surface area contributed by atoms with Crippen molar-refractivity contribution >= 4 is 41.0 Å². The summed E-state index contributed by atoms with van der Waals surface area (Å²) in [6.45, 7) is 0.844. The second kappa shape index (κ2) is 10.3. The van der Waals surface area contributed by atoms with Gasteiger partial charge in [-0.15, -0.1) is 0 Å². The first-order valence-electron chi connectivity index (χ1n) is 10.0. The summed E-state index contributed by atoms with van der Waals surface area (Å²) >= 11 is 5.87. The zero-order chi connectivity index (χ0) is 23.3. The molecule has 1 aliphatic heterocycles. The molecule has 9 heteroatoms. The van der Waals surface area contributed by atoms with Crippen LogP contribution in [0.15, 0.2) is 42.5 Å². The topological polar surface area (TPSA) is 102 Å². The maximum Gasteiger partial charge on any atom is 0.339 e. The zero-order valence-electron chi connectivity index (χ0n) is 17.7. The van der Waals surface area contributed by atoms with Crippen LogP contribution in [0.2, 0.25) is 5.02 Å². The monoisotopic (exact) mass is 458 g/mol. The summed E-state index contributed by atoms with van der Waals surface area (Å²) in [7, 11) is 2.48. The Morgan fingerprint density at radius 1 is 0.906 bits per heavy atom. The third-order valence-electron chi connectivity index (χ3n) is 5.35. The van der Waals surface area contributed by atoms with Gasteiger partial charge in [0.05, 0.1) is 31.0 Å². The molecule has 1 aliphatic rings. The number of likely N-dealkylation sites (tertiary alicyclic amines) is 1. The first kappa shape index (κ1) is 23.3. The molecule has 1 saturated heterocycles. The van der Waals surface area contributed by atoms with Gasteiger partial charge in [0.15, 0.2) is 0 Å². The highest BCUT2D eigenvalue weighted by molar-refractivity contribution is 6.30. The van der Waals surface area contributed by atoms with E-state index in [1.54, 1.807) is 29.2 Å². The maximum absolute atomic E-state index is 12.9. The minimum Gasteiger partial charge on any atom is -0.465 e. The summed E-state index contributed by atoms with van der Waals surface area (Å²) in [6.07, 6.45) is 0.935. The lowest BCUT2D eigenvalue weighted by Crippen LogP contribution is -2.41. The Balaban J connectivity index is 1.68. The van der Waals surface area contributed by atoms with Gasteiger partial charge in [0, 0.05) is 29.6 Å². The van der Waals surface area contributed by atoms with E-state index in [4.69, 9.17) is 21.1 Å². The van der Waals surface area contributed by atoms with Gasteiger partial charge in [-0.25, -0.2) is 9.59 Å². The van der Waals surface area contributed by atoms with E-state index in [9.17, 15) is 19.2 Å². The molecule has 0 saturated carbocycles. The van der Waals surface area contributed by atoms with E-state index in [0.29, 0.717) is 36.5 Å². The summed E-state index contributed by atoms with van der Waals surface area (Å²) in [5.74, 6) is -1.99. The smallest absolute Gasteiger partial charge is 0.339 e. The number of halogens is 1. The molecule has 2 aromatic carbocycles. The van der Waals surface area contributed by atoms with Crippen LogP contribution in [-0.4, -0.2) is 56.0 Å². The zero-order valence-corrected chi connectivity index (χ0v) is 18.5. The standard InChI is InChI=1S/C23H23ClN2O6/c1-31-22(29)16-5-8-18(23(30)32-2)19(13-16)25-20(27)14-9-11-26(12-10-14)21(28)15-3-6-17(24)7-4-15/h3-8,13-14H,9-12H2,1-2H3,(H,25,27). The number of amides is 2. The normalized spacial score (nSPS) is 13.9. The molecule has 2 aromatic rings. The molecule has 0 aromatic heterocycles. The summed E-state index contributed by atoms with van der Waals surface area (Å²) < 4.78 is 9.47. The first-order chi connectivity index (χ1) is 15.3. The summed E-state index contributed by atoms with van der Waals surface area (Å²) in [4.78, 5) is 51.1. The number of nitrogens with zero attached hydrogens (tertiary/aromatic N) is 1. The third-order valence-corrected chi connectivity index (χ3v) is 5.60. The number of rotatable bonds is 5. The number of carbonyl (C=O) groups excluding carboxylic acids is 4. The van der Waals surface area contributed by atoms with Crippen LogP contribution >= 0.6 is 11.6 Å². The molecule has 0 atom stereocenters. The van der Waals surface area contributed by atoms with Gasteiger partial charge in [-0.3, -0.25) is 9.59 Å². The van der Waals surface area contributed by atoms with Crippen molar-refractivity contribution in [1.82, 2.24) is 4.90 Å². The van der Waals surface area contributed by atoms with Crippen molar-refractivity contribution in [3.05, 3.63) is 64.2 Å². The van der Waals surface area contributed by atoms with Crippen LogP contribution in [-0.2, 0) is 14.3 Å². The van der Waals surface area contributed by atoms with Gasteiger partial charge in [0.2, 0.25) is 5.91 Å². The predicted octanol–water partition coefficient (Wildman–Crippen LogP) is 3.40. The van der Waals surface area contributed by atoms with Gasteiger partial charge in [-0.2, -0.15) is 0 Å². The average Bonchev–Trinajstić information content (AvgIpc) is 2.83. The molecule has 168 valence electrons. The highest BCUT2D eigenvalue weighted by atomic mass is 35.5. The van der Waals surface area contributed by atoms with Crippen molar-refractivity contribution in [1.29, 1.82) is 0 Å². The van der Waals surface area contributed by atoms with E-state index < -0.39 is 11.9 Å². The van der Waals surface area contributed by atoms with Crippen molar-refractivity contribution in [2.24, 2.45) is 5.92 Å². The van der Waals surface area contributed by atoms with E-state index in [1.807, 2.05) is 0 Å². The first-order valence-corrected chi connectivity index (χ1v) is 10.4. The number of methoxy groups -OCH3 is 2. The molecule has 1 fully saturated rings. The minimum atomic E-state index is -0.639. The summed E-state index contributed by atoms with van der Waals surface area (Å²) in [6, 6.07) is 10.9. The van der Waals surface area contributed by atoms with Gasteiger partial charge >= 0.3 is 11.9 Å². The van der Waals surface area contributed by atoms with E-state index in [2.05, 4.69) is 5.32 Å². The summed E-state index contributed by atoms with van der Waals surface area (Å²) in [5, 5.41) is 3.29. The second-order valence-electron chi connectivity index (χ2n) is 7.31. The molecule has 0 unspecified atom stereocenters. The minimum absolute atomic E-state index is 0.112. The Kier molecular flexibility index (Phi) is 7.48. The van der Waals surface area contributed by atoms with Crippen LogP contribution in [0.25, 0.3) is 0 Å². The van der Waals surface area contributed by atoms with Gasteiger partial charge in [0.25, 0.3) is 5.91 Å². The van der Waals surface area contributed by atoms with Crippen molar-refractivity contribution < 1.29 is 28.7 Å². The highest BCUT2D eigenvalue weighted by Gasteiger charge is 2.29. The van der Waals surface area contributed by atoms with E-state index >= 15 is 0 Å².